The van der Waals surface area contributed by atoms with Gasteiger partial charge in [-0.1, -0.05) is 45.4 Å². The van der Waals surface area contributed by atoms with Crippen LogP contribution in [0.4, 0.5) is 0 Å². The lowest BCUT2D eigenvalue weighted by Crippen LogP contribution is -2.46. The molecule has 0 radical (unpaired) electrons. The first-order valence-corrected chi connectivity index (χ1v) is 10.7. The van der Waals surface area contributed by atoms with E-state index in [1.807, 2.05) is 0 Å². The Balaban J connectivity index is 1.46. The topological polar surface area (TPSA) is 29.5 Å². The van der Waals surface area contributed by atoms with Gasteiger partial charge in [0.05, 0.1) is 5.92 Å². The Morgan fingerprint density at radius 3 is 2.50 bits per heavy atom. The van der Waals surface area contributed by atoms with Crippen LogP contribution in [0.25, 0.3) is 0 Å². The highest BCUT2D eigenvalue weighted by molar-refractivity contribution is 5.72. The second kappa shape index (κ2) is 8.69. The zero-order valence-electron chi connectivity index (χ0n) is 15.7. The predicted octanol–water partition coefficient (Wildman–Crippen LogP) is 4.93. The van der Waals surface area contributed by atoms with E-state index in [0.29, 0.717) is 18.1 Å². The van der Waals surface area contributed by atoms with E-state index >= 15 is 0 Å². The third kappa shape index (κ3) is 4.15. The third-order valence-corrected chi connectivity index (χ3v) is 7.00. The Labute approximate surface area is 148 Å². The van der Waals surface area contributed by atoms with Crippen LogP contribution in [0.15, 0.2) is 0 Å². The molecule has 3 heteroatoms. The van der Waals surface area contributed by atoms with Crippen molar-refractivity contribution in [3.05, 3.63) is 0 Å². The average Bonchev–Trinajstić information content (AvgIpc) is 3.24. The summed E-state index contributed by atoms with van der Waals surface area (Å²) < 4.78 is 5.78. The Kier molecular flexibility index (Phi) is 6.60. The molecule has 1 heterocycles. The molecular weight excluding hydrogens is 298 g/mol. The van der Waals surface area contributed by atoms with Gasteiger partial charge in [0, 0.05) is 12.1 Å². The van der Waals surface area contributed by atoms with Gasteiger partial charge in [0.15, 0.2) is 0 Å². The zero-order valence-corrected chi connectivity index (χ0v) is 15.7. The number of carbonyl (C=O) groups excluding carboxylic acids is 1. The van der Waals surface area contributed by atoms with Gasteiger partial charge in [0.25, 0.3) is 0 Å². The van der Waals surface area contributed by atoms with Gasteiger partial charge in [0.1, 0.15) is 6.61 Å². The van der Waals surface area contributed by atoms with Crippen LogP contribution in [0.5, 0.6) is 0 Å². The summed E-state index contributed by atoms with van der Waals surface area (Å²) in [6, 6.07) is 0. The Morgan fingerprint density at radius 2 is 1.79 bits per heavy atom. The molecule has 1 saturated heterocycles. The molecule has 3 aliphatic rings. The van der Waals surface area contributed by atoms with Crippen molar-refractivity contribution >= 4 is 5.97 Å². The molecule has 3 rings (SSSR count). The van der Waals surface area contributed by atoms with Crippen LogP contribution in [-0.2, 0) is 9.53 Å². The smallest absolute Gasteiger partial charge is 0.309 e. The molecule has 2 saturated carbocycles. The summed E-state index contributed by atoms with van der Waals surface area (Å²) in [6.45, 7) is 4.95. The quantitative estimate of drug-likeness (QED) is 0.618. The Bertz CT molecular complexity index is 397. The molecule has 2 aliphatic carbocycles. The van der Waals surface area contributed by atoms with Crippen LogP contribution in [0.2, 0.25) is 0 Å². The first-order valence-electron chi connectivity index (χ1n) is 10.7. The third-order valence-electron chi connectivity index (χ3n) is 7.00. The van der Waals surface area contributed by atoms with E-state index in [1.54, 1.807) is 0 Å². The molecule has 0 aromatic heterocycles. The highest BCUT2D eigenvalue weighted by atomic mass is 16.5. The standard InChI is InChI=1S/C21H37NO2/c1-2-9-19(18-10-4-5-11-18)20(23)24-17-16-22-15-8-14-21(22)12-6-3-7-13-21/h18-19H,2-17H2,1H3/t19-/m0/s1. The Morgan fingerprint density at radius 1 is 1.08 bits per heavy atom. The van der Waals surface area contributed by atoms with E-state index in [2.05, 4.69) is 11.8 Å². The van der Waals surface area contributed by atoms with Crippen molar-refractivity contribution in [2.24, 2.45) is 11.8 Å². The minimum Gasteiger partial charge on any atom is -0.464 e. The van der Waals surface area contributed by atoms with E-state index in [9.17, 15) is 4.79 Å². The molecule has 1 spiro atoms. The molecule has 24 heavy (non-hydrogen) atoms. The fourth-order valence-corrected chi connectivity index (χ4v) is 5.70. The summed E-state index contributed by atoms with van der Waals surface area (Å²) >= 11 is 0. The normalized spacial score (nSPS) is 26.0. The van der Waals surface area contributed by atoms with Crippen LogP contribution >= 0.6 is 0 Å². The van der Waals surface area contributed by atoms with Crippen molar-refractivity contribution in [3.8, 4) is 0 Å². The maximum absolute atomic E-state index is 12.6. The van der Waals surface area contributed by atoms with E-state index in [1.165, 1.54) is 77.2 Å². The summed E-state index contributed by atoms with van der Waals surface area (Å²) in [7, 11) is 0. The predicted molar refractivity (Wildman–Crippen MR) is 97.9 cm³/mol. The van der Waals surface area contributed by atoms with Gasteiger partial charge in [-0.05, 0) is 57.4 Å². The van der Waals surface area contributed by atoms with Gasteiger partial charge < -0.3 is 4.74 Å². The number of rotatable bonds is 7. The van der Waals surface area contributed by atoms with Crippen LogP contribution in [0, 0.1) is 11.8 Å². The number of nitrogens with zero attached hydrogens (tertiary/aromatic N) is 1. The highest BCUT2D eigenvalue weighted by Gasteiger charge is 2.41. The minimum absolute atomic E-state index is 0.0978. The highest BCUT2D eigenvalue weighted by Crippen LogP contribution is 2.41. The number of likely N-dealkylation sites (tertiary alicyclic amines) is 1. The maximum Gasteiger partial charge on any atom is 0.309 e. The fraction of sp³-hybridized carbons (Fsp3) is 0.952. The maximum atomic E-state index is 12.6. The summed E-state index contributed by atoms with van der Waals surface area (Å²) in [5.74, 6) is 0.856. The van der Waals surface area contributed by atoms with Crippen LogP contribution in [0.3, 0.4) is 0 Å². The number of esters is 1. The van der Waals surface area contributed by atoms with E-state index in [-0.39, 0.29) is 11.9 Å². The molecule has 0 bridgehead atoms. The van der Waals surface area contributed by atoms with Crippen molar-refractivity contribution in [1.82, 2.24) is 4.90 Å². The van der Waals surface area contributed by atoms with Gasteiger partial charge in [-0.3, -0.25) is 9.69 Å². The van der Waals surface area contributed by atoms with Gasteiger partial charge in [0.2, 0.25) is 0 Å². The SMILES string of the molecule is CCC[C@H](C(=O)OCCN1CCCC12CCCCC2)C1CCCC1. The summed E-state index contributed by atoms with van der Waals surface area (Å²) in [4.78, 5) is 15.3. The summed E-state index contributed by atoms with van der Waals surface area (Å²) in [5, 5.41) is 0. The summed E-state index contributed by atoms with van der Waals surface area (Å²) in [5.41, 5.74) is 0.457. The number of hydrogen-bond donors (Lipinski definition) is 0. The lowest BCUT2D eigenvalue weighted by Gasteiger charge is -2.41. The lowest BCUT2D eigenvalue weighted by molar-refractivity contribution is -0.151. The molecule has 0 N–H and O–H groups in total. The monoisotopic (exact) mass is 335 g/mol. The van der Waals surface area contributed by atoms with Crippen molar-refractivity contribution in [2.45, 2.75) is 95.9 Å². The second-order valence-corrected chi connectivity index (χ2v) is 8.48. The van der Waals surface area contributed by atoms with E-state index in [0.717, 1.165) is 19.4 Å². The molecule has 1 atom stereocenters. The molecule has 0 unspecified atom stereocenters. The Hall–Kier alpha value is -0.570. The van der Waals surface area contributed by atoms with Crippen LogP contribution in [0.1, 0.15) is 90.4 Å². The van der Waals surface area contributed by atoms with Crippen molar-refractivity contribution in [2.75, 3.05) is 19.7 Å². The first kappa shape index (κ1) is 18.2. The molecule has 0 amide bonds. The molecule has 138 valence electrons. The van der Waals surface area contributed by atoms with Crippen molar-refractivity contribution in [1.29, 1.82) is 0 Å². The number of ether oxygens (including phenoxy) is 1. The van der Waals surface area contributed by atoms with Gasteiger partial charge in [-0.15, -0.1) is 0 Å². The van der Waals surface area contributed by atoms with Crippen LogP contribution in [-0.4, -0.2) is 36.1 Å². The van der Waals surface area contributed by atoms with Crippen LogP contribution < -0.4 is 0 Å². The fourth-order valence-electron chi connectivity index (χ4n) is 5.70. The van der Waals surface area contributed by atoms with Crippen molar-refractivity contribution in [3.63, 3.8) is 0 Å². The largest absolute Gasteiger partial charge is 0.464 e. The van der Waals surface area contributed by atoms with E-state index < -0.39 is 0 Å². The summed E-state index contributed by atoms with van der Waals surface area (Å²) in [6.07, 6.45) is 16.8. The first-order chi connectivity index (χ1) is 11.7. The lowest BCUT2D eigenvalue weighted by atomic mass is 9.80. The number of carbonyl (C=O) groups is 1. The molecule has 0 aromatic rings. The molecule has 1 aliphatic heterocycles. The van der Waals surface area contributed by atoms with Crippen molar-refractivity contribution < 1.29 is 9.53 Å². The van der Waals surface area contributed by atoms with Gasteiger partial charge in [-0.25, -0.2) is 0 Å². The van der Waals surface area contributed by atoms with E-state index in [4.69, 9.17) is 4.74 Å². The second-order valence-electron chi connectivity index (χ2n) is 8.48. The minimum atomic E-state index is 0.0978. The van der Waals surface area contributed by atoms with Gasteiger partial charge >= 0.3 is 5.97 Å². The number of hydrogen-bond acceptors (Lipinski definition) is 3. The molecule has 3 nitrogen and oxygen atoms in total. The molecule has 0 aromatic carbocycles. The zero-order chi connectivity index (χ0) is 16.8. The molecular formula is C21H37NO2. The van der Waals surface area contributed by atoms with Gasteiger partial charge in [-0.2, -0.15) is 0 Å². The average molecular weight is 336 g/mol. The molecule has 3 fully saturated rings.